The van der Waals surface area contributed by atoms with Crippen molar-refractivity contribution in [2.45, 2.75) is 6.54 Å². The van der Waals surface area contributed by atoms with E-state index in [0.717, 1.165) is 23.0 Å². The molecule has 0 fully saturated rings. The molecular formula is C24H17NO3. The van der Waals surface area contributed by atoms with Gasteiger partial charge >= 0.3 is 0 Å². The average Bonchev–Trinajstić information content (AvgIpc) is 2.99. The summed E-state index contributed by atoms with van der Waals surface area (Å²) in [6, 6.07) is 22.0. The van der Waals surface area contributed by atoms with E-state index in [9.17, 15) is 14.4 Å². The molecule has 0 radical (unpaired) electrons. The van der Waals surface area contributed by atoms with Crippen molar-refractivity contribution in [2.75, 3.05) is 0 Å². The lowest BCUT2D eigenvalue weighted by atomic mass is 10.1. The molecule has 0 N–H and O–H groups in total. The van der Waals surface area contributed by atoms with Crippen molar-refractivity contribution >= 4 is 30.3 Å². The van der Waals surface area contributed by atoms with Crippen LogP contribution in [0, 0.1) is 0 Å². The summed E-state index contributed by atoms with van der Waals surface area (Å²) in [5, 5.41) is 0. The van der Waals surface area contributed by atoms with E-state index in [4.69, 9.17) is 0 Å². The van der Waals surface area contributed by atoms with Crippen molar-refractivity contribution in [3.05, 3.63) is 106 Å². The molecule has 2 amide bonds. The zero-order valence-corrected chi connectivity index (χ0v) is 15.0. The number of nitrogens with zero attached hydrogens (tertiary/aromatic N) is 1. The summed E-state index contributed by atoms with van der Waals surface area (Å²) >= 11 is 0. The second-order valence-corrected chi connectivity index (χ2v) is 6.60. The molecule has 136 valence electrons. The molecule has 4 nitrogen and oxygen atoms in total. The first-order valence-corrected chi connectivity index (χ1v) is 8.93. The second kappa shape index (κ2) is 7.45. The first-order chi connectivity index (χ1) is 13.7. The van der Waals surface area contributed by atoms with Gasteiger partial charge in [0, 0.05) is 5.56 Å². The molecule has 0 aromatic heterocycles. The number of amides is 2. The highest BCUT2D eigenvalue weighted by Gasteiger charge is 2.34. The fourth-order valence-electron chi connectivity index (χ4n) is 3.18. The smallest absolute Gasteiger partial charge is 0.261 e. The molecule has 1 aliphatic rings. The quantitative estimate of drug-likeness (QED) is 0.380. The van der Waals surface area contributed by atoms with Gasteiger partial charge < -0.3 is 0 Å². The zero-order valence-electron chi connectivity index (χ0n) is 15.0. The van der Waals surface area contributed by atoms with E-state index in [1.165, 1.54) is 4.90 Å². The molecule has 0 bridgehead atoms. The standard InChI is InChI=1S/C24H17NO3/c26-16-20-13-9-18(10-14-20)6-5-17-7-11-19(12-8-17)15-25-23(27)21-3-1-2-4-22(21)24(25)28/h1-14,16H,15H2/b6-5+. The van der Waals surface area contributed by atoms with E-state index in [-0.39, 0.29) is 18.4 Å². The van der Waals surface area contributed by atoms with Crippen molar-refractivity contribution < 1.29 is 14.4 Å². The minimum Gasteiger partial charge on any atom is -0.298 e. The third kappa shape index (κ3) is 3.40. The van der Waals surface area contributed by atoms with Crippen LogP contribution in [-0.4, -0.2) is 23.0 Å². The zero-order chi connectivity index (χ0) is 19.5. The summed E-state index contributed by atoms with van der Waals surface area (Å²) in [5.41, 5.74) is 4.48. The first-order valence-electron chi connectivity index (χ1n) is 8.93. The first kappa shape index (κ1) is 17.6. The fourth-order valence-corrected chi connectivity index (χ4v) is 3.18. The van der Waals surface area contributed by atoms with E-state index < -0.39 is 0 Å². The second-order valence-electron chi connectivity index (χ2n) is 6.60. The Morgan fingerprint density at radius 3 is 1.61 bits per heavy atom. The Balaban J connectivity index is 1.45. The molecule has 3 aromatic rings. The van der Waals surface area contributed by atoms with Crippen LogP contribution >= 0.6 is 0 Å². The van der Waals surface area contributed by atoms with Gasteiger partial charge in [-0.3, -0.25) is 19.3 Å². The minimum atomic E-state index is -0.247. The Morgan fingerprint density at radius 2 is 1.11 bits per heavy atom. The molecule has 0 unspecified atom stereocenters. The number of aldehydes is 1. The SMILES string of the molecule is O=Cc1ccc(/C=C/c2ccc(CN3C(=O)c4ccccc4C3=O)cc2)cc1. The highest BCUT2D eigenvalue weighted by atomic mass is 16.2. The lowest BCUT2D eigenvalue weighted by Crippen LogP contribution is -2.29. The molecule has 0 atom stereocenters. The number of hydrogen-bond donors (Lipinski definition) is 0. The van der Waals surface area contributed by atoms with Crippen molar-refractivity contribution in [2.24, 2.45) is 0 Å². The van der Waals surface area contributed by atoms with E-state index in [1.54, 1.807) is 36.4 Å². The maximum atomic E-state index is 12.5. The van der Waals surface area contributed by atoms with Crippen LogP contribution < -0.4 is 0 Å². The molecule has 1 aliphatic heterocycles. The Labute approximate surface area is 162 Å². The van der Waals surface area contributed by atoms with Crippen LogP contribution in [0.1, 0.15) is 47.8 Å². The number of carbonyl (C=O) groups excluding carboxylic acids is 3. The van der Waals surface area contributed by atoms with Crippen LogP contribution in [0.4, 0.5) is 0 Å². The maximum Gasteiger partial charge on any atom is 0.261 e. The van der Waals surface area contributed by atoms with Crippen LogP contribution in [0.15, 0.2) is 72.8 Å². The van der Waals surface area contributed by atoms with Crippen LogP contribution in [0.25, 0.3) is 12.2 Å². The highest BCUT2D eigenvalue weighted by molar-refractivity contribution is 6.21. The molecule has 28 heavy (non-hydrogen) atoms. The third-order valence-corrected chi connectivity index (χ3v) is 4.74. The molecule has 1 heterocycles. The van der Waals surface area contributed by atoms with Crippen molar-refractivity contribution in [1.82, 2.24) is 4.90 Å². The summed E-state index contributed by atoms with van der Waals surface area (Å²) in [7, 11) is 0. The molecule has 3 aromatic carbocycles. The average molecular weight is 367 g/mol. The van der Waals surface area contributed by atoms with Gasteiger partial charge in [0.25, 0.3) is 11.8 Å². The summed E-state index contributed by atoms with van der Waals surface area (Å²) in [4.78, 5) is 36.9. The van der Waals surface area contributed by atoms with Crippen LogP contribution in [0.5, 0.6) is 0 Å². The molecule has 0 spiro atoms. The molecule has 4 heteroatoms. The fraction of sp³-hybridized carbons (Fsp3) is 0.0417. The van der Waals surface area contributed by atoms with Crippen LogP contribution in [0.2, 0.25) is 0 Å². The van der Waals surface area contributed by atoms with E-state index in [0.29, 0.717) is 16.7 Å². The largest absolute Gasteiger partial charge is 0.298 e. The van der Waals surface area contributed by atoms with Gasteiger partial charge in [-0.25, -0.2) is 0 Å². The Kier molecular flexibility index (Phi) is 4.68. The van der Waals surface area contributed by atoms with Gasteiger partial charge in [0.1, 0.15) is 6.29 Å². The predicted molar refractivity (Wildman–Crippen MR) is 108 cm³/mol. The Bertz CT molecular complexity index is 1040. The molecule has 4 rings (SSSR count). The number of fused-ring (bicyclic) bond motifs is 1. The van der Waals surface area contributed by atoms with Gasteiger partial charge in [-0.2, -0.15) is 0 Å². The summed E-state index contributed by atoms with van der Waals surface area (Å²) < 4.78 is 0. The number of rotatable bonds is 5. The van der Waals surface area contributed by atoms with E-state index in [2.05, 4.69) is 0 Å². The lowest BCUT2D eigenvalue weighted by Gasteiger charge is -2.13. The van der Waals surface area contributed by atoms with Crippen molar-refractivity contribution in [3.8, 4) is 0 Å². The van der Waals surface area contributed by atoms with Crippen LogP contribution in [-0.2, 0) is 6.54 Å². The Hall–Kier alpha value is -3.79. The summed E-state index contributed by atoms with van der Waals surface area (Å²) in [5.74, 6) is -0.494. The van der Waals surface area contributed by atoms with Crippen molar-refractivity contribution in [3.63, 3.8) is 0 Å². The van der Waals surface area contributed by atoms with E-state index in [1.807, 2.05) is 48.6 Å². The monoisotopic (exact) mass is 367 g/mol. The summed E-state index contributed by atoms with van der Waals surface area (Å²) in [6.07, 6.45) is 4.76. The topological polar surface area (TPSA) is 54.5 Å². The molecular weight excluding hydrogens is 350 g/mol. The van der Waals surface area contributed by atoms with Gasteiger partial charge in [0.2, 0.25) is 0 Å². The summed E-state index contributed by atoms with van der Waals surface area (Å²) in [6.45, 7) is 0.253. The maximum absolute atomic E-state index is 12.5. The predicted octanol–water partition coefficient (Wildman–Crippen LogP) is 4.47. The van der Waals surface area contributed by atoms with Gasteiger partial charge in [0.15, 0.2) is 0 Å². The molecule has 0 saturated carbocycles. The normalized spacial score (nSPS) is 13.2. The number of imide groups is 1. The van der Waals surface area contributed by atoms with Crippen molar-refractivity contribution in [1.29, 1.82) is 0 Å². The van der Waals surface area contributed by atoms with Gasteiger partial charge in [-0.05, 0) is 28.8 Å². The van der Waals surface area contributed by atoms with Gasteiger partial charge in [0.05, 0.1) is 17.7 Å². The molecule has 0 aliphatic carbocycles. The third-order valence-electron chi connectivity index (χ3n) is 4.74. The minimum absolute atomic E-state index is 0.247. The number of carbonyl (C=O) groups is 3. The Morgan fingerprint density at radius 1 is 0.643 bits per heavy atom. The van der Waals surface area contributed by atoms with Crippen LogP contribution in [0.3, 0.4) is 0 Å². The van der Waals surface area contributed by atoms with Gasteiger partial charge in [-0.15, -0.1) is 0 Å². The van der Waals surface area contributed by atoms with Gasteiger partial charge in [-0.1, -0.05) is 72.8 Å². The lowest BCUT2D eigenvalue weighted by molar-refractivity contribution is 0.0642. The number of benzene rings is 3. The number of hydrogen-bond acceptors (Lipinski definition) is 3. The van der Waals surface area contributed by atoms with E-state index >= 15 is 0 Å². The molecule has 0 saturated heterocycles. The highest BCUT2D eigenvalue weighted by Crippen LogP contribution is 2.24.